The Morgan fingerprint density at radius 2 is 2.43 bits per heavy atom. The fourth-order valence-electron chi connectivity index (χ4n) is 1.38. The van der Waals surface area contributed by atoms with Crippen LogP contribution in [0.1, 0.15) is 5.56 Å². The molecule has 2 aromatic heterocycles. The molecule has 0 atom stereocenters. The molecule has 0 saturated carbocycles. The third-order valence-corrected chi connectivity index (χ3v) is 2.02. The average Bonchev–Trinajstić information content (AvgIpc) is 2.56. The van der Waals surface area contributed by atoms with Gasteiger partial charge in [-0.3, -0.25) is 0 Å². The molecule has 0 aliphatic rings. The first-order chi connectivity index (χ1) is 6.74. The Morgan fingerprint density at radius 3 is 3.14 bits per heavy atom. The predicted molar refractivity (Wildman–Crippen MR) is 51.0 cm³/mol. The van der Waals surface area contributed by atoms with E-state index in [0.29, 0.717) is 5.56 Å². The molecule has 0 spiro atoms. The van der Waals surface area contributed by atoms with Crippen LogP contribution in [0.5, 0.6) is 0 Å². The van der Waals surface area contributed by atoms with Crippen molar-refractivity contribution in [3.63, 3.8) is 0 Å². The van der Waals surface area contributed by atoms with Gasteiger partial charge >= 0.3 is 0 Å². The van der Waals surface area contributed by atoms with Gasteiger partial charge in [0.2, 0.25) is 0 Å². The number of hydrogen-bond donors (Lipinski definition) is 2. The number of hydrogen-bond acceptors (Lipinski definition) is 4. The molecule has 0 aliphatic carbocycles. The van der Waals surface area contributed by atoms with Crippen molar-refractivity contribution in [3.05, 3.63) is 24.3 Å². The summed E-state index contributed by atoms with van der Waals surface area (Å²) in [7, 11) is 1.84. The van der Waals surface area contributed by atoms with Crippen molar-refractivity contribution in [1.29, 1.82) is 0 Å². The van der Waals surface area contributed by atoms with Gasteiger partial charge in [-0.05, 0) is 0 Å². The van der Waals surface area contributed by atoms with Crippen molar-refractivity contribution in [2.75, 3.05) is 0 Å². The SMILES string of the molecule is Cn1cc(/C(N)=N\O)c2cncnc21. The molecule has 0 aliphatic heterocycles. The molecule has 0 fully saturated rings. The Hall–Kier alpha value is -2.11. The zero-order valence-corrected chi connectivity index (χ0v) is 7.55. The maximum atomic E-state index is 8.57. The molecule has 0 aromatic carbocycles. The molecule has 14 heavy (non-hydrogen) atoms. The van der Waals surface area contributed by atoms with Gasteiger partial charge in [0, 0.05) is 30.4 Å². The summed E-state index contributed by atoms with van der Waals surface area (Å²) in [6.45, 7) is 0. The zero-order chi connectivity index (χ0) is 10.1. The van der Waals surface area contributed by atoms with Crippen molar-refractivity contribution in [2.45, 2.75) is 0 Å². The number of fused-ring (bicyclic) bond motifs is 1. The van der Waals surface area contributed by atoms with Gasteiger partial charge in [0.1, 0.15) is 12.0 Å². The maximum absolute atomic E-state index is 8.57. The molecular weight excluding hydrogens is 182 g/mol. The molecule has 3 N–H and O–H groups in total. The minimum atomic E-state index is 0.0606. The van der Waals surface area contributed by atoms with Crippen LogP contribution in [0.4, 0.5) is 0 Å². The molecule has 6 heteroatoms. The lowest BCUT2D eigenvalue weighted by atomic mass is 10.2. The highest BCUT2D eigenvalue weighted by atomic mass is 16.4. The topological polar surface area (TPSA) is 89.3 Å². The van der Waals surface area contributed by atoms with E-state index in [1.165, 1.54) is 6.33 Å². The highest BCUT2D eigenvalue weighted by molar-refractivity contribution is 6.07. The number of oxime groups is 1. The van der Waals surface area contributed by atoms with E-state index < -0.39 is 0 Å². The van der Waals surface area contributed by atoms with E-state index in [0.717, 1.165) is 11.0 Å². The number of nitrogens with two attached hydrogens (primary N) is 1. The summed E-state index contributed by atoms with van der Waals surface area (Å²) in [5.41, 5.74) is 6.89. The van der Waals surface area contributed by atoms with E-state index in [2.05, 4.69) is 15.1 Å². The van der Waals surface area contributed by atoms with Crippen LogP contribution in [0.3, 0.4) is 0 Å². The molecule has 72 valence electrons. The van der Waals surface area contributed by atoms with Gasteiger partial charge in [0.15, 0.2) is 5.84 Å². The molecule has 2 heterocycles. The van der Waals surface area contributed by atoms with Crippen molar-refractivity contribution in [2.24, 2.45) is 17.9 Å². The maximum Gasteiger partial charge on any atom is 0.172 e. The van der Waals surface area contributed by atoms with Crippen molar-refractivity contribution in [1.82, 2.24) is 14.5 Å². The van der Waals surface area contributed by atoms with E-state index in [4.69, 9.17) is 10.9 Å². The number of nitrogens with zero attached hydrogens (tertiary/aromatic N) is 4. The van der Waals surface area contributed by atoms with Gasteiger partial charge < -0.3 is 15.5 Å². The summed E-state index contributed by atoms with van der Waals surface area (Å²) in [4.78, 5) is 7.96. The van der Waals surface area contributed by atoms with E-state index >= 15 is 0 Å². The minimum Gasteiger partial charge on any atom is -0.409 e. The smallest absolute Gasteiger partial charge is 0.172 e. The first-order valence-corrected chi connectivity index (χ1v) is 3.97. The fourth-order valence-corrected chi connectivity index (χ4v) is 1.38. The van der Waals surface area contributed by atoms with Crippen molar-refractivity contribution >= 4 is 16.9 Å². The van der Waals surface area contributed by atoms with Gasteiger partial charge in [-0.2, -0.15) is 0 Å². The third kappa shape index (κ3) is 1.08. The first kappa shape index (κ1) is 8.49. The van der Waals surface area contributed by atoms with Gasteiger partial charge in [0.25, 0.3) is 0 Å². The first-order valence-electron chi connectivity index (χ1n) is 3.97. The summed E-state index contributed by atoms with van der Waals surface area (Å²) in [5, 5.41) is 12.3. The lowest BCUT2D eigenvalue weighted by Crippen LogP contribution is -2.12. The highest BCUT2D eigenvalue weighted by Crippen LogP contribution is 2.16. The Labute approximate surface area is 79.7 Å². The molecule has 6 nitrogen and oxygen atoms in total. The summed E-state index contributed by atoms with van der Waals surface area (Å²) in [6.07, 6.45) is 4.84. The van der Waals surface area contributed by atoms with Gasteiger partial charge in [-0.1, -0.05) is 5.16 Å². The normalized spacial score (nSPS) is 12.2. The van der Waals surface area contributed by atoms with Crippen LogP contribution in [-0.4, -0.2) is 25.6 Å². The molecule has 0 amide bonds. The largest absolute Gasteiger partial charge is 0.409 e. The average molecular weight is 191 g/mol. The van der Waals surface area contributed by atoms with Gasteiger partial charge in [-0.25, -0.2) is 9.97 Å². The van der Waals surface area contributed by atoms with Crippen LogP contribution in [0.25, 0.3) is 11.0 Å². The van der Waals surface area contributed by atoms with Crippen molar-refractivity contribution < 1.29 is 5.21 Å². The van der Waals surface area contributed by atoms with Crippen LogP contribution in [-0.2, 0) is 7.05 Å². The lowest BCUT2D eigenvalue weighted by molar-refractivity contribution is 0.318. The second-order valence-corrected chi connectivity index (χ2v) is 2.90. The zero-order valence-electron chi connectivity index (χ0n) is 7.55. The Morgan fingerprint density at radius 1 is 1.64 bits per heavy atom. The molecule has 0 bridgehead atoms. The summed E-state index contributed by atoms with van der Waals surface area (Å²) < 4.78 is 1.80. The number of rotatable bonds is 1. The van der Waals surface area contributed by atoms with Gasteiger partial charge in [-0.15, -0.1) is 0 Å². The van der Waals surface area contributed by atoms with Crippen LogP contribution in [0.15, 0.2) is 23.9 Å². The molecule has 0 saturated heterocycles. The molecular formula is C8H9N5O. The summed E-state index contributed by atoms with van der Waals surface area (Å²) in [6, 6.07) is 0. The second kappa shape index (κ2) is 2.99. The predicted octanol–water partition coefficient (Wildman–Crippen LogP) is 0.0628. The Balaban J connectivity index is 2.79. The van der Waals surface area contributed by atoms with Crippen LogP contribution < -0.4 is 5.73 Å². The van der Waals surface area contributed by atoms with Crippen molar-refractivity contribution in [3.8, 4) is 0 Å². The monoisotopic (exact) mass is 191 g/mol. The number of amidine groups is 1. The standard InChI is InChI=1S/C8H9N5O/c1-13-3-6(7(9)12-14)5-2-10-4-11-8(5)13/h2-4,14H,1H3,(H2,9,12). The molecule has 2 rings (SSSR count). The number of aryl methyl sites for hydroxylation is 1. The van der Waals surface area contributed by atoms with Crippen LogP contribution in [0, 0.1) is 0 Å². The molecule has 2 aromatic rings. The minimum absolute atomic E-state index is 0.0606. The van der Waals surface area contributed by atoms with Crippen LogP contribution in [0.2, 0.25) is 0 Å². The highest BCUT2D eigenvalue weighted by Gasteiger charge is 2.10. The van der Waals surface area contributed by atoms with Gasteiger partial charge in [0.05, 0.1) is 0 Å². The second-order valence-electron chi connectivity index (χ2n) is 2.90. The van der Waals surface area contributed by atoms with E-state index in [9.17, 15) is 0 Å². The lowest BCUT2D eigenvalue weighted by Gasteiger charge is -1.93. The quantitative estimate of drug-likeness (QED) is 0.289. The Kier molecular flexibility index (Phi) is 1.81. The van der Waals surface area contributed by atoms with E-state index in [1.54, 1.807) is 17.0 Å². The summed E-state index contributed by atoms with van der Waals surface area (Å²) in [5.74, 6) is 0.0606. The molecule has 0 radical (unpaired) electrons. The fraction of sp³-hybridized carbons (Fsp3) is 0.125. The number of aromatic nitrogens is 3. The van der Waals surface area contributed by atoms with E-state index in [-0.39, 0.29) is 5.84 Å². The Bertz CT molecular complexity index is 501. The molecule has 0 unspecified atom stereocenters. The summed E-state index contributed by atoms with van der Waals surface area (Å²) >= 11 is 0. The van der Waals surface area contributed by atoms with Crippen LogP contribution >= 0.6 is 0 Å². The third-order valence-electron chi connectivity index (χ3n) is 2.02. The van der Waals surface area contributed by atoms with E-state index in [1.807, 2.05) is 7.05 Å².